The van der Waals surface area contributed by atoms with Crippen molar-refractivity contribution in [1.82, 2.24) is 9.96 Å². The maximum Gasteiger partial charge on any atom is 0.330 e. The standard InChI is InChI=1S/C13H26N2O3/c1-11-10-14(8-9-17-5)6-7-15(11)18-12(16)13(2,3)4/h11H,6-10H2,1-5H3. The number of nitrogens with zero attached hydrogens (tertiary/aromatic N) is 2. The summed E-state index contributed by atoms with van der Waals surface area (Å²) >= 11 is 0. The summed E-state index contributed by atoms with van der Waals surface area (Å²) in [4.78, 5) is 19.6. The molecule has 1 unspecified atom stereocenters. The lowest BCUT2D eigenvalue weighted by atomic mass is 9.98. The number of carbonyl (C=O) groups excluding carboxylic acids is 1. The summed E-state index contributed by atoms with van der Waals surface area (Å²) in [6.45, 7) is 11.9. The van der Waals surface area contributed by atoms with Crippen LogP contribution in [0.25, 0.3) is 0 Å². The van der Waals surface area contributed by atoms with Gasteiger partial charge in [-0.15, -0.1) is 5.06 Å². The molecule has 1 aliphatic rings. The van der Waals surface area contributed by atoms with Crippen molar-refractivity contribution in [3.8, 4) is 0 Å². The summed E-state index contributed by atoms with van der Waals surface area (Å²) < 4.78 is 5.08. The molecule has 1 fully saturated rings. The lowest BCUT2D eigenvalue weighted by molar-refractivity contribution is -0.219. The Morgan fingerprint density at radius 2 is 2.00 bits per heavy atom. The van der Waals surface area contributed by atoms with Crippen molar-refractivity contribution in [2.24, 2.45) is 5.41 Å². The number of methoxy groups -OCH3 is 1. The van der Waals surface area contributed by atoms with Crippen molar-refractivity contribution in [3.05, 3.63) is 0 Å². The lowest BCUT2D eigenvalue weighted by Gasteiger charge is -2.38. The van der Waals surface area contributed by atoms with E-state index in [1.54, 1.807) is 12.2 Å². The SMILES string of the molecule is COCCN1CCN(OC(=O)C(C)(C)C)C(C)C1. The van der Waals surface area contributed by atoms with E-state index in [0.717, 1.165) is 32.8 Å². The third kappa shape index (κ3) is 4.55. The minimum atomic E-state index is -0.451. The average molecular weight is 258 g/mol. The molecule has 0 aromatic carbocycles. The lowest BCUT2D eigenvalue weighted by Crippen LogP contribution is -2.53. The second-order valence-electron chi connectivity index (χ2n) is 5.91. The third-order valence-electron chi connectivity index (χ3n) is 3.07. The number of carbonyl (C=O) groups is 1. The molecule has 0 aromatic rings. The quantitative estimate of drug-likeness (QED) is 0.756. The fourth-order valence-electron chi connectivity index (χ4n) is 1.82. The zero-order chi connectivity index (χ0) is 13.8. The Hall–Kier alpha value is -0.650. The van der Waals surface area contributed by atoms with Gasteiger partial charge in [0.2, 0.25) is 0 Å². The summed E-state index contributed by atoms with van der Waals surface area (Å²) in [5.41, 5.74) is -0.451. The van der Waals surface area contributed by atoms with Gasteiger partial charge in [0.05, 0.1) is 18.1 Å². The molecule has 0 aliphatic carbocycles. The Balaban J connectivity index is 2.40. The van der Waals surface area contributed by atoms with E-state index in [1.807, 2.05) is 20.8 Å². The van der Waals surface area contributed by atoms with E-state index < -0.39 is 5.41 Å². The van der Waals surface area contributed by atoms with Gasteiger partial charge in [0, 0.05) is 33.3 Å². The highest BCUT2D eigenvalue weighted by Gasteiger charge is 2.30. The van der Waals surface area contributed by atoms with Gasteiger partial charge in [-0.25, -0.2) is 4.79 Å². The van der Waals surface area contributed by atoms with E-state index >= 15 is 0 Å². The number of hydroxylamine groups is 2. The first-order chi connectivity index (χ1) is 8.34. The zero-order valence-corrected chi connectivity index (χ0v) is 12.2. The number of rotatable bonds is 4. The molecule has 0 aromatic heterocycles. The first-order valence-electron chi connectivity index (χ1n) is 6.55. The highest BCUT2D eigenvalue weighted by molar-refractivity contribution is 5.75. The Bertz CT molecular complexity index is 276. The van der Waals surface area contributed by atoms with Crippen LogP contribution in [0.4, 0.5) is 0 Å². The predicted molar refractivity (Wildman–Crippen MR) is 70.0 cm³/mol. The molecule has 0 saturated carbocycles. The summed E-state index contributed by atoms with van der Waals surface area (Å²) in [5.74, 6) is -0.167. The molecule has 5 nitrogen and oxygen atoms in total. The van der Waals surface area contributed by atoms with Gasteiger partial charge < -0.3 is 9.57 Å². The van der Waals surface area contributed by atoms with Crippen LogP contribution in [0.3, 0.4) is 0 Å². The molecule has 1 heterocycles. The summed E-state index contributed by atoms with van der Waals surface area (Å²) in [7, 11) is 1.71. The van der Waals surface area contributed by atoms with E-state index in [2.05, 4.69) is 11.8 Å². The zero-order valence-electron chi connectivity index (χ0n) is 12.2. The van der Waals surface area contributed by atoms with Crippen LogP contribution < -0.4 is 0 Å². The second kappa shape index (κ2) is 6.50. The fourth-order valence-corrected chi connectivity index (χ4v) is 1.82. The topological polar surface area (TPSA) is 42.0 Å². The van der Waals surface area contributed by atoms with Crippen molar-refractivity contribution in [2.45, 2.75) is 33.7 Å². The molecule has 0 amide bonds. The van der Waals surface area contributed by atoms with Crippen molar-refractivity contribution in [3.63, 3.8) is 0 Å². The van der Waals surface area contributed by atoms with Crippen LogP contribution in [0.1, 0.15) is 27.7 Å². The van der Waals surface area contributed by atoms with Crippen LogP contribution in [0.2, 0.25) is 0 Å². The smallest absolute Gasteiger partial charge is 0.330 e. The third-order valence-corrected chi connectivity index (χ3v) is 3.07. The molecule has 1 aliphatic heterocycles. The van der Waals surface area contributed by atoms with Crippen LogP contribution in [-0.2, 0) is 14.4 Å². The molecule has 5 heteroatoms. The van der Waals surface area contributed by atoms with E-state index in [1.165, 1.54) is 0 Å². The summed E-state index contributed by atoms with van der Waals surface area (Å²) in [5, 5.41) is 1.80. The Labute approximate surface area is 110 Å². The van der Waals surface area contributed by atoms with Crippen molar-refractivity contribution >= 4 is 5.97 Å². The molecule has 18 heavy (non-hydrogen) atoms. The maximum absolute atomic E-state index is 11.8. The van der Waals surface area contributed by atoms with Crippen LogP contribution in [0, 0.1) is 5.41 Å². The molecule has 0 bridgehead atoms. The Morgan fingerprint density at radius 1 is 1.33 bits per heavy atom. The van der Waals surface area contributed by atoms with Crippen molar-refractivity contribution in [2.75, 3.05) is 39.9 Å². The van der Waals surface area contributed by atoms with Gasteiger partial charge >= 0.3 is 5.97 Å². The average Bonchev–Trinajstić information content (AvgIpc) is 2.28. The Morgan fingerprint density at radius 3 is 2.50 bits per heavy atom. The highest BCUT2D eigenvalue weighted by Crippen LogP contribution is 2.18. The first kappa shape index (κ1) is 15.4. The van der Waals surface area contributed by atoms with Crippen LogP contribution >= 0.6 is 0 Å². The molecule has 0 spiro atoms. The van der Waals surface area contributed by atoms with E-state index in [4.69, 9.17) is 9.57 Å². The molecule has 0 radical (unpaired) electrons. The second-order valence-corrected chi connectivity index (χ2v) is 5.91. The number of hydrogen-bond donors (Lipinski definition) is 0. The first-order valence-corrected chi connectivity index (χ1v) is 6.55. The number of piperazine rings is 1. The maximum atomic E-state index is 11.8. The minimum Gasteiger partial charge on any atom is -0.383 e. The van der Waals surface area contributed by atoms with Gasteiger partial charge in [0.25, 0.3) is 0 Å². The minimum absolute atomic E-state index is 0.167. The van der Waals surface area contributed by atoms with E-state index in [0.29, 0.717) is 0 Å². The van der Waals surface area contributed by atoms with Crippen LogP contribution in [0.15, 0.2) is 0 Å². The monoisotopic (exact) mass is 258 g/mol. The molecule has 106 valence electrons. The molecule has 1 atom stereocenters. The van der Waals surface area contributed by atoms with Gasteiger partial charge in [-0.05, 0) is 27.7 Å². The summed E-state index contributed by atoms with van der Waals surface area (Å²) in [6, 6.07) is 0.224. The van der Waals surface area contributed by atoms with Gasteiger partial charge in [-0.2, -0.15) is 0 Å². The molecular formula is C13H26N2O3. The fraction of sp³-hybridized carbons (Fsp3) is 0.923. The molecular weight excluding hydrogens is 232 g/mol. The highest BCUT2D eigenvalue weighted by atomic mass is 16.7. The molecule has 1 rings (SSSR count). The van der Waals surface area contributed by atoms with E-state index in [9.17, 15) is 4.79 Å². The van der Waals surface area contributed by atoms with Gasteiger partial charge in [0.1, 0.15) is 0 Å². The van der Waals surface area contributed by atoms with Crippen molar-refractivity contribution in [1.29, 1.82) is 0 Å². The van der Waals surface area contributed by atoms with Crippen LogP contribution in [0.5, 0.6) is 0 Å². The Kier molecular flexibility index (Phi) is 5.56. The summed E-state index contributed by atoms with van der Waals surface area (Å²) in [6.07, 6.45) is 0. The van der Waals surface area contributed by atoms with Gasteiger partial charge in [-0.1, -0.05) is 0 Å². The number of hydrogen-bond acceptors (Lipinski definition) is 5. The predicted octanol–water partition coefficient (Wildman–Crippen LogP) is 1.14. The van der Waals surface area contributed by atoms with Crippen molar-refractivity contribution < 1.29 is 14.4 Å². The normalized spacial score (nSPS) is 23.1. The number of ether oxygens (including phenoxy) is 1. The van der Waals surface area contributed by atoms with Gasteiger partial charge in [-0.3, -0.25) is 4.90 Å². The molecule has 1 saturated heterocycles. The largest absolute Gasteiger partial charge is 0.383 e. The molecule has 0 N–H and O–H groups in total. The van der Waals surface area contributed by atoms with E-state index in [-0.39, 0.29) is 12.0 Å². The van der Waals surface area contributed by atoms with Crippen LogP contribution in [-0.4, -0.2) is 61.9 Å². The van der Waals surface area contributed by atoms with Gasteiger partial charge in [0.15, 0.2) is 0 Å².